The third kappa shape index (κ3) is 6.47. The number of hydrogen-bond acceptors (Lipinski definition) is 4. The number of nitrogens with one attached hydrogen (secondary N) is 1. The van der Waals surface area contributed by atoms with E-state index in [-0.39, 0.29) is 36.5 Å². The molecule has 0 unspecified atom stereocenters. The molecule has 3 rings (SSSR count). The van der Waals surface area contributed by atoms with E-state index in [0.29, 0.717) is 36.0 Å². The molecule has 0 aliphatic carbocycles. The van der Waals surface area contributed by atoms with Crippen LogP contribution in [0.3, 0.4) is 0 Å². The topological polar surface area (TPSA) is 58.4 Å². The number of aromatic nitrogens is 1. The number of likely N-dealkylation sites (tertiary alicyclic amines) is 1. The van der Waals surface area contributed by atoms with E-state index >= 15 is 0 Å². The number of carbonyl (C=O) groups is 1. The maximum atomic E-state index is 13.8. The number of aryl methyl sites for hydroxylation is 1. The smallest absolute Gasteiger partial charge is 0.223 e. The molecule has 1 fully saturated rings. The van der Waals surface area contributed by atoms with Gasteiger partial charge in [0, 0.05) is 25.9 Å². The van der Waals surface area contributed by atoms with Crippen LogP contribution in [0.4, 0.5) is 4.39 Å². The van der Waals surface area contributed by atoms with Crippen LogP contribution in [0.2, 0.25) is 0 Å². The van der Waals surface area contributed by atoms with Gasteiger partial charge in [0.05, 0.1) is 11.8 Å². The van der Waals surface area contributed by atoms with E-state index in [9.17, 15) is 9.18 Å². The van der Waals surface area contributed by atoms with E-state index in [1.165, 1.54) is 18.7 Å². The van der Waals surface area contributed by atoms with Crippen LogP contribution in [-0.2, 0) is 11.2 Å². The molecule has 2 aromatic rings. The molecular formula is C20H28Cl2FN3O2. The van der Waals surface area contributed by atoms with Crippen molar-refractivity contribution < 1.29 is 13.6 Å². The fraction of sp³-hybridized carbons (Fsp3) is 0.500. The number of piperidine rings is 1. The van der Waals surface area contributed by atoms with E-state index in [1.54, 1.807) is 18.2 Å². The van der Waals surface area contributed by atoms with Gasteiger partial charge in [-0.1, -0.05) is 12.1 Å². The van der Waals surface area contributed by atoms with Gasteiger partial charge in [-0.15, -0.1) is 24.8 Å². The van der Waals surface area contributed by atoms with Gasteiger partial charge in [-0.25, -0.2) is 9.37 Å². The standard InChI is InChI=1S/C20H26FN3O2.2ClH/c1-22-11-8-15-9-12-24(13-10-15)20(25)7-6-19-23-14-18(26-19)16-4-2-3-5-17(16)21;;/h2-5,14-15,22H,6-13H2,1H3;2*1H. The molecule has 1 aliphatic heterocycles. The molecule has 0 atom stereocenters. The number of carbonyl (C=O) groups excluding carboxylic acids is 1. The molecule has 5 nitrogen and oxygen atoms in total. The fourth-order valence-electron chi connectivity index (χ4n) is 3.40. The molecule has 1 N–H and O–H groups in total. The quantitative estimate of drug-likeness (QED) is 0.716. The lowest BCUT2D eigenvalue weighted by atomic mass is 9.93. The largest absolute Gasteiger partial charge is 0.441 e. The van der Waals surface area contributed by atoms with Gasteiger partial charge in [-0.05, 0) is 50.9 Å². The Kier molecular flexibility index (Phi) is 10.5. The highest BCUT2D eigenvalue weighted by atomic mass is 35.5. The van der Waals surface area contributed by atoms with Gasteiger partial charge in [-0.2, -0.15) is 0 Å². The summed E-state index contributed by atoms with van der Waals surface area (Å²) in [5, 5.41) is 3.18. The lowest BCUT2D eigenvalue weighted by Gasteiger charge is -2.32. The van der Waals surface area contributed by atoms with Gasteiger partial charge in [0.2, 0.25) is 5.91 Å². The molecule has 1 aliphatic rings. The van der Waals surface area contributed by atoms with Crippen molar-refractivity contribution in [3.05, 3.63) is 42.2 Å². The van der Waals surface area contributed by atoms with E-state index in [1.807, 2.05) is 11.9 Å². The highest BCUT2D eigenvalue weighted by molar-refractivity contribution is 5.85. The monoisotopic (exact) mass is 431 g/mol. The first kappa shape index (κ1) is 24.4. The summed E-state index contributed by atoms with van der Waals surface area (Å²) in [5.41, 5.74) is 0.390. The summed E-state index contributed by atoms with van der Waals surface area (Å²) >= 11 is 0. The first-order valence-electron chi connectivity index (χ1n) is 9.29. The summed E-state index contributed by atoms with van der Waals surface area (Å²) in [4.78, 5) is 18.5. The molecule has 1 aromatic heterocycles. The zero-order valence-corrected chi connectivity index (χ0v) is 17.7. The number of amides is 1. The van der Waals surface area contributed by atoms with Gasteiger partial charge >= 0.3 is 0 Å². The second-order valence-electron chi connectivity index (χ2n) is 6.81. The maximum absolute atomic E-state index is 13.8. The third-order valence-electron chi connectivity index (χ3n) is 5.02. The molecule has 8 heteroatoms. The van der Waals surface area contributed by atoms with E-state index in [4.69, 9.17) is 4.42 Å². The molecule has 0 radical (unpaired) electrons. The van der Waals surface area contributed by atoms with Crippen LogP contribution in [0.15, 0.2) is 34.9 Å². The lowest BCUT2D eigenvalue weighted by Crippen LogP contribution is -2.39. The Morgan fingerprint density at radius 1 is 1.29 bits per heavy atom. The minimum absolute atomic E-state index is 0. The van der Waals surface area contributed by atoms with Crippen molar-refractivity contribution in [3.8, 4) is 11.3 Å². The van der Waals surface area contributed by atoms with Crippen LogP contribution in [0.25, 0.3) is 11.3 Å². The average Bonchev–Trinajstić information content (AvgIpc) is 3.14. The van der Waals surface area contributed by atoms with E-state index < -0.39 is 0 Å². The minimum Gasteiger partial charge on any atom is -0.441 e. The van der Waals surface area contributed by atoms with Crippen molar-refractivity contribution >= 4 is 30.7 Å². The van der Waals surface area contributed by atoms with Crippen LogP contribution >= 0.6 is 24.8 Å². The lowest BCUT2D eigenvalue weighted by molar-refractivity contribution is -0.132. The van der Waals surface area contributed by atoms with Crippen LogP contribution in [-0.4, -0.2) is 42.5 Å². The van der Waals surface area contributed by atoms with Crippen LogP contribution < -0.4 is 5.32 Å². The molecule has 1 amide bonds. The molecule has 156 valence electrons. The van der Waals surface area contributed by atoms with Crippen molar-refractivity contribution in [3.63, 3.8) is 0 Å². The van der Waals surface area contributed by atoms with Crippen LogP contribution in [0, 0.1) is 11.7 Å². The molecule has 0 saturated carbocycles. The fourth-order valence-corrected chi connectivity index (χ4v) is 3.40. The zero-order valence-electron chi connectivity index (χ0n) is 16.0. The number of nitrogens with zero attached hydrogens (tertiary/aromatic N) is 2. The normalized spacial score (nSPS) is 14.3. The highest BCUT2D eigenvalue weighted by Gasteiger charge is 2.22. The molecular weight excluding hydrogens is 404 g/mol. The molecule has 0 spiro atoms. The van der Waals surface area contributed by atoms with Crippen molar-refractivity contribution in [2.24, 2.45) is 5.92 Å². The Morgan fingerprint density at radius 2 is 2.00 bits per heavy atom. The summed E-state index contributed by atoms with van der Waals surface area (Å²) < 4.78 is 19.4. The Morgan fingerprint density at radius 3 is 2.68 bits per heavy atom. The predicted octanol–water partition coefficient (Wildman–Crippen LogP) is 4.11. The number of halogens is 3. The highest BCUT2D eigenvalue weighted by Crippen LogP contribution is 2.24. The molecule has 0 bridgehead atoms. The van der Waals surface area contributed by atoms with Gasteiger partial charge in [0.15, 0.2) is 11.7 Å². The van der Waals surface area contributed by atoms with E-state index in [0.717, 1.165) is 32.5 Å². The molecule has 1 saturated heterocycles. The van der Waals surface area contributed by atoms with Crippen molar-refractivity contribution in [2.75, 3.05) is 26.7 Å². The van der Waals surface area contributed by atoms with Gasteiger partial charge in [-0.3, -0.25) is 4.79 Å². The number of oxazole rings is 1. The SMILES string of the molecule is CNCCC1CCN(C(=O)CCc2ncc(-c3ccccc3F)o2)CC1.Cl.Cl. The first-order chi connectivity index (χ1) is 12.7. The molecule has 28 heavy (non-hydrogen) atoms. The first-order valence-corrected chi connectivity index (χ1v) is 9.29. The van der Waals surface area contributed by atoms with Crippen LogP contribution in [0.1, 0.15) is 31.6 Å². The Hall–Kier alpha value is -1.63. The molecule has 1 aromatic carbocycles. The van der Waals surface area contributed by atoms with Gasteiger partial charge in [0.25, 0.3) is 0 Å². The summed E-state index contributed by atoms with van der Waals surface area (Å²) in [6.45, 7) is 2.70. The number of hydrogen-bond donors (Lipinski definition) is 1. The number of rotatable bonds is 7. The summed E-state index contributed by atoms with van der Waals surface area (Å²) in [5.74, 6) is 1.38. The third-order valence-corrected chi connectivity index (χ3v) is 5.02. The summed E-state index contributed by atoms with van der Waals surface area (Å²) in [7, 11) is 1.97. The second kappa shape index (κ2) is 12.0. The van der Waals surface area contributed by atoms with Crippen LogP contribution in [0.5, 0.6) is 0 Å². The van der Waals surface area contributed by atoms with Crippen molar-refractivity contribution in [1.29, 1.82) is 0 Å². The van der Waals surface area contributed by atoms with Gasteiger partial charge < -0.3 is 14.6 Å². The Labute approximate surface area is 177 Å². The molecule has 2 heterocycles. The Balaban J connectivity index is 0.00000196. The zero-order chi connectivity index (χ0) is 18.4. The van der Waals surface area contributed by atoms with E-state index in [2.05, 4.69) is 10.3 Å². The summed E-state index contributed by atoms with van der Waals surface area (Å²) in [6.07, 6.45) is 5.65. The average molecular weight is 432 g/mol. The summed E-state index contributed by atoms with van der Waals surface area (Å²) in [6, 6.07) is 6.44. The maximum Gasteiger partial charge on any atom is 0.223 e. The number of benzene rings is 1. The minimum atomic E-state index is -0.340. The predicted molar refractivity (Wildman–Crippen MR) is 113 cm³/mol. The van der Waals surface area contributed by atoms with Crippen molar-refractivity contribution in [2.45, 2.75) is 32.1 Å². The van der Waals surface area contributed by atoms with Crippen molar-refractivity contribution in [1.82, 2.24) is 15.2 Å². The Bertz CT molecular complexity index is 734. The van der Waals surface area contributed by atoms with Gasteiger partial charge in [0.1, 0.15) is 5.82 Å². The second-order valence-corrected chi connectivity index (χ2v) is 6.81.